The highest BCUT2D eigenvalue weighted by atomic mass is 32.2. The standard InChI is InChI=1S/C16H21NO5S/c1-12-4-6-14(7-5-12)23(21,22)10-8-15(18)17-9-2-3-13(11-17)16(19)20/h4-7,13H,2-3,8-11H2,1H3,(H,19,20). The second kappa shape index (κ2) is 7.12. The highest BCUT2D eigenvalue weighted by Crippen LogP contribution is 2.18. The fourth-order valence-corrected chi connectivity index (χ4v) is 3.88. The van der Waals surface area contributed by atoms with Crippen LogP contribution in [0.2, 0.25) is 0 Å². The van der Waals surface area contributed by atoms with Crippen LogP contribution < -0.4 is 0 Å². The number of rotatable bonds is 5. The molecule has 1 aliphatic heterocycles. The fraction of sp³-hybridized carbons (Fsp3) is 0.500. The number of carboxylic acids is 1. The summed E-state index contributed by atoms with van der Waals surface area (Å²) < 4.78 is 24.5. The Labute approximate surface area is 136 Å². The van der Waals surface area contributed by atoms with Crippen LogP contribution in [0.15, 0.2) is 29.2 Å². The van der Waals surface area contributed by atoms with Gasteiger partial charge in [0, 0.05) is 19.5 Å². The maximum absolute atomic E-state index is 12.2. The molecule has 126 valence electrons. The van der Waals surface area contributed by atoms with Gasteiger partial charge in [0.25, 0.3) is 0 Å². The minimum Gasteiger partial charge on any atom is -0.481 e. The van der Waals surface area contributed by atoms with Crippen LogP contribution in [0.1, 0.15) is 24.8 Å². The molecular formula is C16H21NO5S. The third-order valence-electron chi connectivity index (χ3n) is 4.09. The Balaban J connectivity index is 1.95. The molecule has 1 saturated heterocycles. The Bertz CT molecular complexity index is 681. The summed E-state index contributed by atoms with van der Waals surface area (Å²) in [6, 6.07) is 6.51. The van der Waals surface area contributed by atoms with E-state index in [9.17, 15) is 18.0 Å². The Morgan fingerprint density at radius 2 is 1.91 bits per heavy atom. The van der Waals surface area contributed by atoms with Gasteiger partial charge in [0.05, 0.1) is 16.6 Å². The molecule has 0 saturated carbocycles. The molecule has 1 N–H and O–H groups in total. The van der Waals surface area contributed by atoms with Crippen LogP contribution in [0, 0.1) is 12.8 Å². The SMILES string of the molecule is Cc1ccc(S(=O)(=O)CCC(=O)N2CCCC(C(=O)O)C2)cc1. The molecule has 0 aliphatic carbocycles. The molecule has 6 nitrogen and oxygen atoms in total. The number of piperidine rings is 1. The van der Waals surface area contributed by atoms with Gasteiger partial charge in [-0.25, -0.2) is 8.42 Å². The monoisotopic (exact) mass is 339 g/mol. The van der Waals surface area contributed by atoms with Gasteiger partial charge in [0.2, 0.25) is 5.91 Å². The third kappa shape index (κ3) is 4.54. The van der Waals surface area contributed by atoms with Crippen molar-refractivity contribution in [3.8, 4) is 0 Å². The van der Waals surface area contributed by atoms with Gasteiger partial charge in [-0.1, -0.05) is 17.7 Å². The van der Waals surface area contributed by atoms with E-state index < -0.39 is 21.7 Å². The minimum absolute atomic E-state index is 0.122. The van der Waals surface area contributed by atoms with Crippen LogP contribution in [-0.2, 0) is 19.4 Å². The van der Waals surface area contributed by atoms with Gasteiger partial charge in [-0.2, -0.15) is 0 Å². The minimum atomic E-state index is -3.50. The largest absolute Gasteiger partial charge is 0.481 e. The molecule has 2 rings (SSSR count). The highest BCUT2D eigenvalue weighted by molar-refractivity contribution is 7.91. The molecular weight excluding hydrogens is 318 g/mol. The van der Waals surface area contributed by atoms with Crippen molar-refractivity contribution in [3.05, 3.63) is 29.8 Å². The average Bonchev–Trinajstić information content (AvgIpc) is 2.53. The number of carbonyl (C=O) groups excluding carboxylic acids is 1. The average molecular weight is 339 g/mol. The van der Waals surface area contributed by atoms with Crippen molar-refractivity contribution in [1.29, 1.82) is 0 Å². The fourth-order valence-electron chi connectivity index (χ4n) is 2.65. The van der Waals surface area contributed by atoms with Gasteiger partial charge in [0.1, 0.15) is 0 Å². The van der Waals surface area contributed by atoms with Crippen LogP contribution in [-0.4, -0.2) is 49.1 Å². The van der Waals surface area contributed by atoms with Gasteiger partial charge in [-0.3, -0.25) is 9.59 Å². The van der Waals surface area contributed by atoms with Crippen LogP contribution in [0.5, 0.6) is 0 Å². The van der Waals surface area contributed by atoms with E-state index in [0.29, 0.717) is 19.4 Å². The Kier molecular flexibility index (Phi) is 5.41. The number of sulfone groups is 1. The number of carboxylic acid groups (broad SMARTS) is 1. The zero-order valence-electron chi connectivity index (χ0n) is 13.1. The number of aliphatic carboxylic acids is 1. The second-order valence-corrected chi connectivity index (χ2v) is 8.01. The smallest absolute Gasteiger partial charge is 0.308 e. The first kappa shape index (κ1) is 17.5. The first-order valence-corrected chi connectivity index (χ1v) is 9.25. The molecule has 0 aromatic heterocycles. The van der Waals surface area contributed by atoms with Crippen molar-refractivity contribution in [2.75, 3.05) is 18.8 Å². The van der Waals surface area contributed by atoms with E-state index in [0.717, 1.165) is 5.56 Å². The number of amides is 1. The quantitative estimate of drug-likeness (QED) is 0.877. The van der Waals surface area contributed by atoms with Gasteiger partial charge in [-0.15, -0.1) is 0 Å². The molecule has 7 heteroatoms. The van der Waals surface area contributed by atoms with Crippen molar-refractivity contribution < 1.29 is 23.1 Å². The zero-order valence-corrected chi connectivity index (χ0v) is 13.9. The van der Waals surface area contributed by atoms with Crippen LogP contribution in [0.25, 0.3) is 0 Å². The van der Waals surface area contributed by atoms with E-state index in [2.05, 4.69) is 0 Å². The summed E-state index contributed by atoms with van der Waals surface area (Å²) in [6.07, 6.45) is 1.07. The number of carbonyl (C=O) groups is 2. The molecule has 23 heavy (non-hydrogen) atoms. The van der Waals surface area contributed by atoms with Gasteiger partial charge in [0.15, 0.2) is 9.84 Å². The third-order valence-corrected chi connectivity index (χ3v) is 5.82. The van der Waals surface area contributed by atoms with Gasteiger partial charge >= 0.3 is 5.97 Å². The summed E-state index contributed by atoms with van der Waals surface area (Å²) in [5.41, 5.74) is 0.966. The maximum atomic E-state index is 12.2. The second-order valence-electron chi connectivity index (χ2n) is 5.90. The summed E-state index contributed by atoms with van der Waals surface area (Å²) in [5.74, 6) is -2.02. The number of nitrogens with zero attached hydrogens (tertiary/aromatic N) is 1. The van der Waals surface area contributed by atoms with Crippen molar-refractivity contribution in [1.82, 2.24) is 4.90 Å². The lowest BCUT2D eigenvalue weighted by Gasteiger charge is -2.30. The predicted octanol–water partition coefficient (Wildman–Crippen LogP) is 1.48. The van der Waals surface area contributed by atoms with Crippen LogP contribution in [0.3, 0.4) is 0 Å². The van der Waals surface area contributed by atoms with Crippen molar-refractivity contribution in [2.24, 2.45) is 5.92 Å². The molecule has 1 atom stereocenters. The van der Waals surface area contributed by atoms with Crippen LogP contribution in [0.4, 0.5) is 0 Å². The Hall–Kier alpha value is -1.89. The molecule has 1 aliphatic rings. The summed E-state index contributed by atoms with van der Waals surface area (Å²) in [5, 5.41) is 9.03. The molecule has 1 fully saturated rings. The molecule has 1 heterocycles. The molecule has 1 unspecified atom stereocenters. The first-order chi connectivity index (χ1) is 10.8. The zero-order chi connectivity index (χ0) is 17.0. The Morgan fingerprint density at radius 1 is 1.26 bits per heavy atom. The molecule has 1 aromatic carbocycles. The van der Waals surface area contributed by atoms with E-state index in [1.165, 1.54) is 17.0 Å². The number of benzene rings is 1. The van der Waals surface area contributed by atoms with Crippen LogP contribution >= 0.6 is 0 Å². The van der Waals surface area contributed by atoms with Crippen molar-refractivity contribution >= 4 is 21.7 Å². The van der Waals surface area contributed by atoms with Gasteiger partial charge < -0.3 is 10.0 Å². The number of aryl methyl sites for hydroxylation is 1. The van der Waals surface area contributed by atoms with Gasteiger partial charge in [-0.05, 0) is 31.9 Å². The summed E-state index contributed by atoms with van der Waals surface area (Å²) in [4.78, 5) is 24.9. The highest BCUT2D eigenvalue weighted by Gasteiger charge is 2.28. The Morgan fingerprint density at radius 3 is 2.52 bits per heavy atom. The molecule has 1 amide bonds. The first-order valence-electron chi connectivity index (χ1n) is 7.59. The molecule has 0 bridgehead atoms. The van der Waals surface area contributed by atoms with E-state index >= 15 is 0 Å². The number of likely N-dealkylation sites (tertiary alicyclic amines) is 1. The van der Waals surface area contributed by atoms with E-state index in [4.69, 9.17) is 5.11 Å². The summed E-state index contributed by atoms with van der Waals surface area (Å²) in [7, 11) is -3.50. The maximum Gasteiger partial charge on any atom is 0.308 e. The van der Waals surface area contributed by atoms with E-state index in [-0.39, 0.29) is 29.5 Å². The van der Waals surface area contributed by atoms with Crippen molar-refractivity contribution in [2.45, 2.75) is 31.1 Å². The lowest BCUT2D eigenvalue weighted by Crippen LogP contribution is -2.42. The normalized spacial score (nSPS) is 18.7. The lowest BCUT2D eigenvalue weighted by atomic mass is 9.98. The molecule has 0 radical (unpaired) electrons. The lowest BCUT2D eigenvalue weighted by molar-refractivity contribution is -0.145. The predicted molar refractivity (Wildman–Crippen MR) is 84.8 cm³/mol. The molecule has 1 aromatic rings. The van der Waals surface area contributed by atoms with E-state index in [1.807, 2.05) is 6.92 Å². The topological polar surface area (TPSA) is 91.8 Å². The number of hydrogen-bond acceptors (Lipinski definition) is 4. The number of hydrogen-bond donors (Lipinski definition) is 1. The van der Waals surface area contributed by atoms with E-state index in [1.54, 1.807) is 12.1 Å². The molecule has 0 spiro atoms. The van der Waals surface area contributed by atoms with Crippen molar-refractivity contribution in [3.63, 3.8) is 0 Å². The summed E-state index contributed by atoms with van der Waals surface area (Å²) >= 11 is 0. The summed E-state index contributed by atoms with van der Waals surface area (Å²) in [6.45, 7) is 2.53.